The third-order valence-corrected chi connectivity index (χ3v) is 3.56. The van der Waals surface area contributed by atoms with Gasteiger partial charge in [0, 0.05) is 0 Å². The molecule has 1 saturated heterocycles. The summed E-state index contributed by atoms with van der Waals surface area (Å²) in [6.45, 7) is 2.87. The number of rotatable bonds is 5. The van der Waals surface area contributed by atoms with Gasteiger partial charge in [-0.05, 0) is 17.7 Å². The van der Waals surface area contributed by atoms with Crippen LogP contribution in [0.3, 0.4) is 0 Å². The minimum atomic E-state index is -1.53. The van der Waals surface area contributed by atoms with Crippen LogP contribution in [0.2, 0.25) is 0 Å². The fourth-order valence-electron chi connectivity index (χ4n) is 2.16. The van der Waals surface area contributed by atoms with E-state index in [-0.39, 0.29) is 11.3 Å². The average Bonchev–Trinajstić information content (AvgIpc) is 2.55. The number of aliphatic carboxylic acids is 1. The molecule has 1 fully saturated rings. The fourth-order valence-corrected chi connectivity index (χ4v) is 2.16. The quantitative estimate of drug-likeness (QED) is 0.433. The summed E-state index contributed by atoms with van der Waals surface area (Å²) in [6.07, 6.45) is -6.86. The Kier molecular flexibility index (Phi) is 5.34. The zero-order valence-electron chi connectivity index (χ0n) is 12.1. The second kappa shape index (κ2) is 7.07. The van der Waals surface area contributed by atoms with Gasteiger partial charge in [-0.15, -0.1) is 0 Å². The van der Waals surface area contributed by atoms with Gasteiger partial charge in [0.1, 0.15) is 30.2 Å². The van der Waals surface area contributed by atoms with Crippen LogP contribution in [0.1, 0.15) is 5.56 Å². The molecule has 0 aromatic heterocycles. The van der Waals surface area contributed by atoms with Crippen LogP contribution >= 0.6 is 0 Å². The SMILES string of the molecule is C=C(C(=O)O)c1ccc(OC2OC(CO)C(O)C(O)C2O)cc1. The Hall–Kier alpha value is -1.97. The molecular formula is C15H18O8. The van der Waals surface area contributed by atoms with Crippen LogP contribution < -0.4 is 4.74 Å². The molecule has 0 spiro atoms. The normalized spacial score (nSPS) is 30.7. The number of aliphatic hydroxyl groups excluding tert-OH is 4. The molecular weight excluding hydrogens is 308 g/mol. The molecule has 1 heterocycles. The molecule has 0 saturated carbocycles. The first-order chi connectivity index (χ1) is 10.8. The van der Waals surface area contributed by atoms with Gasteiger partial charge in [-0.2, -0.15) is 0 Å². The molecule has 0 amide bonds. The van der Waals surface area contributed by atoms with Crippen LogP contribution in [0.15, 0.2) is 30.8 Å². The molecule has 1 aromatic carbocycles. The molecule has 8 nitrogen and oxygen atoms in total. The number of carboxylic acid groups (broad SMARTS) is 1. The topological polar surface area (TPSA) is 137 Å². The van der Waals surface area contributed by atoms with Gasteiger partial charge in [0.15, 0.2) is 0 Å². The van der Waals surface area contributed by atoms with Crippen LogP contribution in [-0.2, 0) is 9.53 Å². The fraction of sp³-hybridized carbons (Fsp3) is 0.400. The Balaban J connectivity index is 2.09. The number of hydrogen-bond acceptors (Lipinski definition) is 7. The van der Waals surface area contributed by atoms with Crippen molar-refractivity contribution in [2.75, 3.05) is 6.61 Å². The van der Waals surface area contributed by atoms with Crippen LogP contribution in [0.4, 0.5) is 0 Å². The van der Waals surface area contributed by atoms with E-state index < -0.39 is 43.3 Å². The van der Waals surface area contributed by atoms with Crippen molar-refractivity contribution >= 4 is 11.5 Å². The number of carbonyl (C=O) groups is 1. The van der Waals surface area contributed by atoms with Crippen molar-refractivity contribution in [3.63, 3.8) is 0 Å². The van der Waals surface area contributed by atoms with Gasteiger partial charge in [0.05, 0.1) is 12.2 Å². The van der Waals surface area contributed by atoms with Gasteiger partial charge < -0.3 is 35.0 Å². The van der Waals surface area contributed by atoms with Gasteiger partial charge in [-0.25, -0.2) is 4.79 Å². The van der Waals surface area contributed by atoms with Gasteiger partial charge >= 0.3 is 5.97 Å². The van der Waals surface area contributed by atoms with E-state index in [0.717, 1.165) is 0 Å². The van der Waals surface area contributed by atoms with Crippen molar-refractivity contribution < 1.29 is 39.8 Å². The summed E-state index contributed by atoms with van der Waals surface area (Å²) in [5.74, 6) is -0.899. The van der Waals surface area contributed by atoms with Gasteiger partial charge in [-0.1, -0.05) is 18.7 Å². The minimum Gasteiger partial charge on any atom is -0.478 e. The molecule has 23 heavy (non-hydrogen) atoms. The summed E-state index contributed by atoms with van der Waals surface area (Å²) < 4.78 is 10.6. The molecule has 5 N–H and O–H groups in total. The largest absolute Gasteiger partial charge is 0.478 e. The lowest BCUT2D eigenvalue weighted by atomic mass is 9.99. The molecule has 0 radical (unpaired) electrons. The van der Waals surface area contributed by atoms with E-state index in [1.165, 1.54) is 24.3 Å². The smallest absolute Gasteiger partial charge is 0.335 e. The second-order valence-electron chi connectivity index (χ2n) is 5.12. The highest BCUT2D eigenvalue weighted by Gasteiger charge is 2.44. The van der Waals surface area contributed by atoms with Crippen molar-refractivity contribution in [1.29, 1.82) is 0 Å². The number of benzene rings is 1. The number of ether oxygens (including phenoxy) is 2. The highest BCUT2D eigenvalue weighted by Crippen LogP contribution is 2.25. The summed E-state index contributed by atoms with van der Waals surface area (Å²) >= 11 is 0. The Labute approximate surface area is 131 Å². The van der Waals surface area contributed by atoms with Gasteiger partial charge in [-0.3, -0.25) is 0 Å². The molecule has 8 heteroatoms. The van der Waals surface area contributed by atoms with Crippen molar-refractivity contribution in [1.82, 2.24) is 0 Å². The minimum absolute atomic E-state index is 0.0793. The van der Waals surface area contributed by atoms with E-state index in [1.807, 2.05) is 0 Å². The Bertz CT molecular complexity index is 567. The zero-order valence-corrected chi connectivity index (χ0v) is 12.1. The summed E-state index contributed by atoms with van der Waals surface area (Å²) in [7, 11) is 0. The first-order valence-corrected chi connectivity index (χ1v) is 6.85. The first-order valence-electron chi connectivity index (χ1n) is 6.85. The molecule has 1 aromatic rings. The molecule has 2 rings (SSSR count). The maximum atomic E-state index is 10.8. The number of hydrogen-bond donors (Lipinski definition) is 5. The predicted octanol–water partition coefficient (Wildman–Crippen LogP) is -1.04. The van der Waals surface area contributed by atoms with Gasteiger partial charge in [0.25, 0.3) is 0 Å². The lowest BCUT2D eigenvalue weighted by molar-refractivity contribution is -0.277. The van der Waals surface area contributed by atoms with E-state index in [9.17, 15) is 20.1 Å². The lowest BCUT2D eigenvalue weighted by Crippen LogP contribution is -2.60. The van der Waals surface area contributed by atoms with E-state index in [1.54, 1.807) is 0 Å². The highest BCUT2D eigenvalue weighted by atomic mass is 16.7. The molecule has 5 unspecified atom stereocenters. The molecule has 0 bridgehead atoms. The maximum absolute atomic E-state index is 10.8. The van der Waals surface area contributed by atoms with Crippen molar-refractivity contribution in [3.8, 4) is 5.75 Å². The first kappa shape index (κ1) is 17.4. The predicted molar refractivity (Wildman–Crippen MR) is 77.5 cm³/mol. The van der Waals surface area contributed by atoms with Crippen LogP contribution in [0, 0.1) is 0 Å². The number of carboxylic acids is 1. The van der Waals surface area contributed by atoms with Gasteiger partial charge in [0.2, 0.25) is 6.29 Å². The number of aliphatic hydroxyl groups is 4. The van der Waals surface area contributed by atoms with E-state index in [2.05, 4.69) is 6.58 Å². The zero-order chi connectivity index (χ0) is 17.1. The Morgan fingerprint density at radius 1 is 1.13 bits per heavy atom. The average molecular weight is 326 g/mol. The van der Waals surface area contributed by atoms with E-state index in [0.29, 0.717) is 5.56 Å². The highest BCUT2D eigenvalue weighted by molar-refractivity contribution is 6.14. The molecule has 5 atom stereocenters. The lowest BCUT2D eigenvalue weighted by Gasteiger charge is -2.39. The Morgan fingerprint density at radius 3 is 2.26 bits per heavy atom. The monoisotopic (exact) mass is 326 g/mol. The molecule has 1 aliphatic heterocycles. The maximum Gasteiger partial charge on any atom is 0.335 e. The van der Waals surface area contributed by atoms with Crippen LogP contribution in [-0.4, -0.2) is 68.8 Å². The summed E-state index contributed by atoms with van der Waals surface area (Å²) in [5, 5.41) is 47.2. The van der Waals surface area contributed by atoms with Crippen LogP contribution in [0.25, 0.3) is 5.57 Å². The molecule has 1 aliphatic rings. The van der Waals surface area contributed by atoms with E-state index >= 15 is 0 Å². The summed E-state index contributed by atoms with van der Waals surface area (Å²) in [5.41, 5.74) is 0.308. The second-order valence-corrected chi connectivity index (χ2v) is 5.12. The standard InChI is InChI=1S/C15H18O8/c1-7(14(20)21)8-2-4-9(5-3-8)22-15-13(19)12(18)11(17)10(6-16)23-15/h2-5,10-13,15-19H,1,6H2,(H,20,21). The summed E-state index contributed by atoms with van der Waals surface area (Å²) in [4.78, 5) is 10.8. The third-order valence-electron chi connectivity index (χ3n) is 3.56. The van der Waals surface area contributed by atoms with Crippen molar-refractivity contribution in [2.45, 2.75) is 30.7 Å². The van der Waals surface area contributed by atoms with E-state index in [4.69, 9.17) is 19.7 Å². The van der Waals surface area contributed by atoms with Crippen molar-refractivity contribution in [2.24, 2.45) is 0 Å². The van der Waals surface area contributed by atoms with Crippen LogP contribution in [0.5, 0.6) is 5.75 Å². The summed E-state index contributed by atoms with van der Waals surface area (Å²) in [6, 6.07) is 5.83. The molecule has 126 valence electrons. The molecule has 0 aliphatic carbocycles. The van der Waals surface area contributed by atoms with Crippen molar-refractivity contribution in [3.05, 3.63) is 36.4 Å². The Morgan fingerprint density at radius 2 is 1.74 bits per heavy atom. The third kappa shape index (κ3) is 3.69.